The normalized spacial score (nSPS) is 12.2. The van der Waals surface area contributed by atoms with Crippen molar-refractivity contribution in [2.45, 2.75) is 12.5 Å². The minimum absolute atomic E-state index is 0.177. The van der Waals surface area contributed by atoms with Crippen LogP contribution in [0.5, 0.6) is 0 Å². The molecule has 0 spiro atoms. The topological polar surface area (TPSA) is 71.8 Å². The molecule has 0 saturated heterocycles. The zero-order chi connectivity index (χ0) is 19.7. The fraction of sp³-hybridized carbons (Fsp3) is 0.0909. The van der Waals surface area contributed by atoms with Crippen LogP contribution in [0, 0.1) is 11.6 Å². The predicted octanol–water partition coefficient (Wildman–Crippen LogP) is 4.11. The number of aromatic amines is 1. The molecular weight excluding hydrogens is 360 g/mol. The first-order valence-electron chi connectivity index (χ1n) is 8.78. The average Bonchev–Trinajstić information content (AvgIpc) is 2.67. The molecule has 0 aliphatic carbocycles. The smallest absolute Gasteiger partial charge is 0.255 e. The van der Waals surface area contributed by atoms with Gasteiger partial charge in [-0.05, 0) is 53.3 Å². The molecule has 6 heteroatoms. The highest BCUT2D eigenvalue weighted by Gasteiger charge is 2.16. The lowest BCUT2D eigenvalue weighted by Crippen LogP contribution is -2.16. The molecular formula is C22H17F2N3O. The van der Waals surface area contributed by atoms with Gasteiger partial charge in [0, 0.05) is 29.4 Å². The van der Waals surface area contributed by atoms with Crippen LogP contribution in [0.3, 0.4) is 0 Å². The van der Waals surface area contributed by atoms with Crippen LogP contribution in [0.25, 0.3) is 21.9 Å². The lowest BCUT2D eigenvalue weighted by atomic mass is 9.95. The van der Waals surface area contributed by atoms with Crippen LogP contribution in [0.1, 0.15) is 17.3 Å². The van der Waals surface area contributed by atoms with E-state index in [9.17, 15) is 13.6 Å². The summed E-state index contributed by atoms with van der Waals surface area (Å²) in [6.07, 6.45) is 3.46. The number of H-pyrrole nitrogens is 1. The first kappa shape index (κ1) is 18.0. The van der Waals surface area contributed by atoms with E-state index in [1.54, 1.807) is 24.5 Å². The third kappa shape index (κ3) is 3.54. The molecule has 0 aliphatic rings. The SMILES string of the molecule is N[C@@H](Cc1cc(F)cc(F)c1)c1ncccc1-c1ccc2cc[nH]c(=O)c2c1. The summed E-state index contributed by atoms with van der Waals surface area (Å²) < 4.78 is 27.0. The van der Waals surface area contributed by atoms with Crippen molar-refractivity contribution in [3.05, 3.63) is 100 Å². The number of aromatic nitrogens is 2. The van der Waals surface area contributed by atoms with Crippen LogP contribution < -0.4 is 11.3 Å². The van der Waals surface area contributed by atoms with Crippen LogP contribution in [0.15, 0.2) is 71.8 Å². The van der Waals surface area contributed by atoms with Gasteiger partial charge in [-0.15, -0.1) is 0 Å². The molecule has 4 aromatic rings. The Bertz CT molecular complexity index is 1200. The number of hydrogen-bond acceptors (Lipinski definition) is 3. The maximum absolute atomic E-state index is 13.5. The standard InChI is InChI=1S/C22H17F2N3O/c23-16-8-13(9-17(24)12-16)10-20(25)21-18(2-1-6-26-21)15-4-3-14-5-7-27-22(28)19(14)11-15/h1-9,11-12,20H,10,25H2,(H,27,28)/t20-/m0/s1. The van der Waals surface area contributed by atoms with Crippen LogP contribution >= 0.6 is 0 Å². The fourth-order valence-electron chi connectivity index (χ4n) is 3.39. The van der Waals surface area contributed by atoms with Crippen molar-refractivity contribution in [2.75, 3.05) is 0 Å². The Labute approximate surface area is 159 Å². The number of nitrogens with zero attached hydrogens (tertiary/aromatic N) is 1. The summed E-state index contributed by atoms with van der Waals surface area (Å²) in [7, 11) is 0. The summed E-state index contributed by atoms with van der Waals surface area (Å²) in [6.45, 7) is 0. The number of pyridine rings is 2. The zero-order valence-corrected chi connectivity index (χ0v) is 14.8. The second kappa shape index (κ2) is 7.32. The number of rotatable bonds is 4. The number of nitrogens with two attached hydrogens (primary N) is 1. The Kier molecular flexibility index (Phi) is 4.71. The highest BCUT2D eigenvalue weighted by molar-refractivity contribution is 5.86. The second-order valence-electron chi connectivity index (χ2n) is 6.63. The van der Waals surface area contributed by atoms with Crippen LogP contribution in [0.2, 0.25) is 0 Å². The van der Waals surface area contributed by atoms with E-state index in [1.807, 2.05) is 24.3 Å². The van der Waals surface area contributed by atoms with Gasteiger partial charge in [0.2, 0.25) is 0 Å². The third-order valence-electron chi connectivity index (χ3n) is 4.65. The molecule has 0 radical (unpaired) electrons. The average molecular weight is 377 g/mol. The molecule has 1 atom stereocenters. The number of fused-ring (bicyclic) bond motifs is 1. The van der Waals surface area contributed by atoms with E-state index >= 15 is 0 Å². The van der Waals surface area contributed by atoms with Crippen molar-refractivity contribution < 1.29 is 8.78 Å². The maximum Gasteiger partial charge on any atom is 0.255 e. The summed E-state index contributed by atoms with van der Waals surface area (Å²) in [6, 6.07) is 13.8. The van der Waals surface area contributed by atoms with Gasteiger partial charge in [0.25, 0.3) is 5.56 Å². The van der Waals surface area contributed by atoms with Crippen molar-refractivity contribution in [3.8, 4) is 11.1 Å². The molecule has 2 aromatic heterocycles. The quantitative estimate of drug-likeness (QED) is 0.562. The Morgan fingerprint density at radius 1 is 1.04 bits per heavy atom. The molecule has 2 aromatic carbocycles. The van der Waals surface area contributed by atoms with Crippen LogP contribution in [-0.2, 0) is 6.42 Å². The first-order valence-corrected chi connectivity index (χ1v) is 8.78. The molecule has 0 bridgehead atoms. The largest absolute Gasteiger partial charge is 0.329 e. The molecule has 0 unspecified atom stereocenters. The van der Waals surface area contributed by atoms with Gasteiger partial charge in [-0.25, -0.2) is 8.78 Å². The maximum atomic E-state index is 13.5. The van der Waals surface area contributed by atoms with E-state index in [2.05, 4.69) is 9.97 Å². The van der Waals surface area contributed by atoms with E-state index in [1.165, 1.54) is 12.1 Å². The van der Waals surface area contributed by atoms with Crippen molar-refractivity contribution in [1.29, 1.82) is 0 Å². The summed E-state index contributed by atoms with van der Waals surface area (Å²) in [5, 5.41) is 1.40. The molecule has 0 aliphatic heterocycles. The highest BCUT2D eigenvalue weighted by Crippen LogP contribution is 2.29. The lowest BCUT2D eigenvalue weighted by Gasteiger charge is -2.16. The summed E-state index contributed by atoms with van der Waals surface area (Å²) in [4.78, 5) is 19.2. The summed E-state index contributed by atoms with van der Waals surface area (Å²) in [5.74, 6) is -1.28. The van der Waals surface area contributed by atoms with Crippen molar-refractivity contribution in [3.63, 3.8) is 0 Å². The van der Waals surface area contributed by atoms with Gasteiger partial charge in [0.05, 0.1) is 11.7 Å². The lowest BCUT2D eigenvalue weighted by molar-refractivity contribution is 0.576. The van der Waals surface area contributed by atoms with E-state index in [0.717, 1.165) is 22.6 Å². The van der Waals surface area contributed by atoms with Crippen LogP contribution in [0.4, 0.5) is 8.78 Å². The van der Waals surface area contributed by atoms with Crippen LogP contribution in [-0.4, -0.2) is 9.97 Å². The molecule has 140 valence electrons. The molecule has 0 amide bonds. The van der Waals surface area contributed by atoms with Gasteiger partial charge in [0.15, 0.2) is 0 Å². The van der Waals surface area contributed by atoms with Gasteiger partial charge in [-0.2, -0.15) is 0 Å². The molecule has 0 fully saturated rings. The van der Waals surface area contributed by atoms with Gasteiger partial charge < -0.3 is 10.7 Å². The molecule has 3 N–H and O–H groups in total. The number of halogens is 2. The Morgan fingerprint density at radius 3 is 2.61 bits per heavy atom. The highest BCUT2D eigenvalue weighted by atomic mass is 19.1. The Hall–Kier alpha value is -3.38. The number of benzene rings is 2. The van der Waals surface area contributed by atoms with Crippen molar-refractivity contribution in [1.82, 2.24) is 9.97 Å². The monoisotopic (exact) mass is 377 g/mol. The third-order valence-corrected chi connectivity index (χ3v) is 4.65. The molecule has 0 saturated carbocycles. The van der Waals surface area contributed by atoms with Crippen molar-refractivity contribution in [2.24, 2.45) is 5.73 Å². The van der Waals surface area contributed by atoms with Crippen molar-refractivity contribution >= 4 is 10.8 Å². The molecule has 4 rings (SSSR count). The minimum atomic E-state index is -0.641. The summed E-state index contributed by atoms with van der Waals surface area (Å²) in [5.41, 5.74) is 8.78. The Balaban J connectivity index is 1.74. The molecule has 4 nitrogen and oxygen atoms in total. The molecule has 28 heavy (non-hydrogen) atoms. The van der Waals surface area contributed by atoms with E-state index in [-0.39, 0.29) is 12.0 Å². The van der Waals surface area contributed by atoms with Gasteiger partial charge in [-0.3, -0.25) is 9.78 Å². The summed E-state index contributed by atoms with van der Waals surface area (Å²) >= 11 is 0. The Morgan fingerprint density at radius 2 is 1.82 bits per heavy atom. The minimum Gasteiger partial charge on any atom is -0.329 e. The molecule has 2 heterocycles. The predicted molar refractivity (Wildman–Crippen MR) is 105 cm³/mol. The van der Waals surface area contributed by atoms with E-state index in [4.69, 9.17) is 5.73 Å². The van der Waals surface area contributed by atoms with E-state index in [0.29, 0.717) is 16.6 Å². The van der Waals surface area contributed by atoms with Gasteiger partial charge in [0.1, 0.15) is 11.6 Å². The van der Waals surface area contributed by atoms with E-state index < -0.39 is 17.7 Å². The number of nitrogens with one attached hydrogen (secondary N) is 1. The second-order valence-corrected chi connectivity index (χ2v) is 6.63. The zero-order valence-electron chi connectivity index (χ0n) is 14.8. The number of hydrogen-bond donors (Lipinski definition) is 2. The fourth-order valence-corrected chi connectivity index (χ4v) is 3.39. The van der Waals surface area contributed by atoms with Gasteiger partial charge >= 0.3 is 0 Å². The van der Waals surface area contributed by atoms with Gasteiger partial charge in [-0.1, -0.05) is 18.2 Å². The first-order chi connectivity index (χ1) is 13.5.